The summed E-state index contributed by atoms with van der Waals surface area (Å²) in [4.78, 5) is 41.1. The van der Waals surface area contributed by atoms with E-state index in [1.807, 2.05) is 0 Å². The summed E-state index contributed by atoms with van der Waals surface area (Å²) < 4.78 is 50.9. The van der Waals surface area contributed by atoms with Crippen molar-refractivity contribution < 1.29 is 61.4 Å². The van der Waals surface area contributed by atoms with Crippen LogP contribution < -0.4 is 16.4 Å². The van der Waals surface area contributed by atoms with E-state index < -0.39 is 60.9 Å². The molecule has 22 heteroatoms. The van der Waals surface area contributed by atoms with Crippen molar-refractivity contribution in [1.29, 1.82) is 0 Å². The Bertz CT molecular complexity index is 959. The van der Waals surface area contributed by atoms with Gasteiger partial charge in [0, 0.05) is 0 Å². The maximum atomic E-state index is 11.8. The van der Waals surface area contributed by atoms with E-state index in [0.29, 0.717) is 11.5 Å². The summed E-state index contributed by atoms with van der Waals surface area (Å²) in [7, 11) is -16.7. The molecule has 0 spiro atoms. The average Bonchev–Trinajstić information content (AvgIpc) is 3.12. The second kappa shape index (κ2) is 9.22. The molecule has 0 aliphatic carbocycles. The van der Waals surface area contributed by atoms with Gasteiger partial charge in [-0.2, -0.15) is 8.62 Å². The number of hydrogen-bond acceptors (Lipinski definition) is 14. The molecule has 184 valence electrons. The van der Waals surface area contributed by atoms with Crippen LogP contribution in [0.5, 0.6) is 0 Å². The minimum Gasteiger partial charge on any atom is -0.387 e. The fraction of sp³-hybridized carbons (Fsp3) is 0.700. The Balaban J connectivity index is 1.64. The van der Waals surface area contributed by atoms with Crippen molar-refractivity contribution in [3.05, 3.63) is 11.5 Å². The minimum atomic E-state index is -5.70. The number of nitrogens with two attached hydrogens (primary N) is 1. The van der Waals surface area contributed by atoms with E-state index in [1.165, 1.54) is 4.90 Å². The van der Waals surface area contributed by atoms with Crippen LogP contribution in [-0.4, -0.2) is 83.8 Å². The van der Waals surface area contributed by atoms with Gasteiger partial charge in [0.05, 0.1) is 13.3 Å². The van der Waals surface area contributed by atoms with Gasteiger partial charge in [0.15, 0.2) is 12.5 Å². The molecule has 7 atom stereocenters. The van der Waals surface area contributed by atoms with Crippen molar-refractivity contribution in [2.24, 2.45) is 10.7 Å². The van der Waals surface area contributed by atoms with Crippen LogP contribution in [0.2, 0.25) is 0 Å². The highest BCUT2D eigenvalue weighted by molar-refractivity contribution is 7.97. The fourth-order valence-electron chi connectivity index (χ4n) is 2.99. The Kier molecular flexibility index (Phi) is 7.50. The first-order valence-electron chi connectivity index (χ1n) is 8.42. The number of thiol groups is 1. The molecule has 5 unspecified atom stereocenters. The monoisotopic (exact) mass is 543 g/mol. The summed E-state index contributed by atoms with van der Waals surface area (Å²) >= 11 is 4.20. The molecule has 0 aromatic carbocycles. The van der Waals surface area contributed by atoms with Crippen LogP contribution in [0.3, 0.4) is 0 Å². The molecule has 0 aromatic rings. The molecule has 1 fully saturated rings. The van der Waals surface area contributed by atoms with Crippen LogP contribution in [0, 0.1) is 0 Å². The number of rotatable bonds is 8. The van der Waals surface area contributed by atoms with E-state index in [4.69, 9.17) is 25.2 Å². The summed E-state index contributed by atoms with van der Waals surface area (Å²) in [5.41, 5.74) is 6.19. The maximum Gasteiger partial charge on any atom is 0.490 e. The topological polar surface area (TPSA) is 275 Å². The number of phosphoric ester groups is 1. The van der Waals surface area contributed by atoms with Crippen molar-refractivity contribution in [3.63, 3.8) is 0 Å². The molecule has 3 heterocycles. The van der Waals surface area contributed by atoms with Gasteiger partial charge in [0.25, 0.3) is 0 Å². The highest BCUT2D eigenvalue weighted by atomic mass is 32.1. The molecule has 3 aliphatic rings. The van der Waals surface area contributed by atoms with Gasteiger partial charge in [0.2, 0.25) is 0 Å². The summed E-state index contributed by atoms with van der Waals surface area (Å²) in [5.74, 6) is 0.363. The Labute approximate surface area is 184 Å². The van der Waals surface area contributed by atoms with Crippen LogP contribution in [0.4, 0.5) is 0 Å². The van der Waals surface area contributed by atoms with E-state index in [0.717, 1.165) is 0 Å². The van der Waals surface area contributed by atoms with E-state index >= 15 is 0 Å². The highest BCUT2D eigenvalue weighted by Gasteiger charge is 2.49. The van der Waals surface area contributed by atoms with Crippen LogP contribution in [0.15, 0.2) is 16.5 Å². The van der Waals surface area contributed by atoms with E-state index in [-0.39, 0.29) is 11.7 Å². The Morgan fingerprint density at radius 2 is 1.81 bits per heavy atom. The molecule has 10 N–H and O–H groups in total. The normalized spacial score (nSPS) is 34.3. The quantitative estimate of drug-likeness (QED) is 0.108. The summed E-state index contributed by atoms with van der Waals surface area (Å²) in [5, 5.41) is 26.6. The number of aliphatic imine (C=N–C) groups is 1. The minimum absolute atomic E-state index is 0.0843. The lowest BCUT2D eigenvalue weighted by atomic mass is 10.1. The van der Waals surface area contributed by atoms with Crippen LogP contribution in [0.1, 0.15) is 0 Å². The lowest BCUT2D eigenvalue weighted by Crippen LogP contribution is -2.49. The Morgan fingerprint density at radius 1 is 1.16 bits per heavy atom. The van der Waals surface area contributed by atoms with Crippen molar-refractivity contribution in [2.45, 2.75) is 30.8 Å². The fourth-order valence-corrected chi connectivity index (χ4v) is 6.33. The van der Waals surface area contributed by atoms with E-state index in [9.17, 15) is 28.8 Å². The van der Waals surface area contributed by atoms with Gasteiger partial charge < -0.3 is 50.1 Å². The van der Waals surface area contributed by atoms with Gasteiger partial charge in [-0.05, 0) is 0 Å². The van der Waals surface area contributed by atoms with E-state index in [1.54, 1.807) is 0 Å². The molecule has 0 bridgehead atoms. The van der Waals surface area contributed by atoms with Crippen LogP contribution in [0.25, 0.3) is 0 Å². The second-order valence-electron chi connectivity index (χ2n) is 6.50. The summed E-state index contributed by atoms with van der Waals surface area (Å²) in [6, 6.07) is 0. The number of phosphoric acid groups is 3. The SMILES string of the molecule is NC1N=C(S)C2=C(N1)N(C1O[C@H](COP(=O)(O)OP(=O)(O)OP(=O)(O)O)[C@H](O)C1O)CN2. The standard InChI is InChI=1S/C10H20N5O13P3S/c11-10-13-7-4(8(32)14-10)12-2-15(7)9-6(17)5(16)3(26-9)1-25-30(21,22)28-31(23,24)27-29(18,19)20/h3,5-6,9-10,12-13,16-17H,1-2,11H2,(H,14,32)(H,21,22)(H,23,24)(H2,18,19,20)/t3-,5+,6?,9?,10?/m1/s1. The average molecular weight is 543 g/mol. The van der Waals surface area contributed by atoms with Gasteiger partial charge in [0.1, 0.15) is 34.9 Å². The number of aliphatic hydroxyl groups excluding tert-OH is 2. The van der Waals surface area contributed by atoms with Crippen LogP contribution >= 0.6 is 36.1 Å². The van der Waals surface area contributed by atoms with Gasteiger partial charge in [-0.25, -0.2) is 18.7 Å². The van der Waals surface area contributed by atoms with E-state index in [2.05, 4.69) is 41.4 Å². The third-order valence-corrected chi connectivity index (χ3v) is 8.32. The predicted octanol–water partition coefficient (Wildman–Crippen LogP) is -3.02. The first-order chi connectivity index (χ1) is 14.6. The number of hydrogen-bond donors (Lipinski definition) is 10. The third kappa shape index (κ3) is 6.09. The lowest BCUT2D eigenvalue weighted by Gasteiger charge is -2.31. The predicted molar refractivity (Wildman–Crippen MR) is 105 cm³/mol. The molecule has 18 nitrogen and oxygen atoms in total. The highest BCUT2D eigenvalue weighted by Crippen LogP contribution is 2.66. The zero-order valence-electron chi connectivity index (χ0n) is 15.6. The molecule has 1 saturated heterocycles. The molecule has 32 heavy (non-hydrogen) atoms. The first-order valence-corrected chi connectivity index (χ1v) is 13.4. The number of ether oxygens (including phenoxy) is 1. The molecule has 0 radical (unpaired) electrons. The number of nitrogens with zero attached hydrogens (tertiary/aromatic N) is 2. The van der Waals surface area contributed by atoms with Gasteiger partial charge in [-0.1, -0.05) is 0 Å². The molecule has 3 aliphatic heterocycles. The van der Waals surface area contributed by atoms with Crippen molar-refractivity contribution in [1.82, 2.24) is 15.5 Å². The summed E-state index contributed by atoms with van der Waals surface area (Å²) in [6.45, 7) is -0.848. The zero-order chi connectivity index (χ0) is 24.1. The van der Waals surface area contributed by atoms with Crippen molar-refractivity contribution in [2.75, 3.05) is 13.3 Å². The molecular weight excluding hydrogens is 523 g/mol. The van der Waals surface area contributed by atoms with Gasteiger partial charge in [-0.15, -0.1) is 12.6 Å². The molecular formula is C10H20N5O13P3S. The smallest absolute Gasteiger partial charge is 0.387 e. The maximum absolute atomic E-state index is 11.8. The van der Waals surface area contributed by atoms with Gasteiger partial charge >= 0.3 is 23.5 Å². The third-order valence-electron chi connectivity index (χ3n) is 4.18. The molecule has 0 aromatic heterocycles. The number of aliphatic hydroxyl groups is 2. The molecule has 0 saturated carbocycles. The molecule has 3 rings (SSSR count). The summed E-state index contributed by atoms with van der Waals surface area (Å²) in [6.07, 6.45) is -6.64. The van der Waals surface area contributed by atoms with Crippen molar-refractivity contribution >= 4 is 41.1 Å². The van der Waals surface area contributed by atoms with Crippen LogP contribution in [-0.2, 0) is 31.6 Å². The van der Waals surface area contributed by atoms with Gasteiger partial charge in [-0.3, -0.25) is 10.3 Å². The second-order valence-corrected chi connectivity index (χ2v) is 11.3. The largest absolute Gasteiger partial charge is 0.490 e. The van der Waals surface area contributed by atoms with Crippen molar-refractivity contribution in [3.8, 4) is 0 Å². The first kappa shape index (κ1) is 26.0. The number of nitrogens with one attached hydrogen (secondary N) is 2. The Morgan fingerprint density at radius 3 is 2.44 bits per heavy atom. The molecule has 0 amide bonds. The lowest BCUT2D eigenvalue weighted by molar-refractivity contribution is -0.0838. The Hall–Kier alpha value is -0.590. The zero-order valence-corrected chi connectivity index (χ0v) is 19.2.